The van der Waals surface area contributed by atoms with Crippen LogP contribution in [-0.2, 0) is 4.79 Å². The molecule has 0 unspecified atom stereocenters. The highest BCUT2D eigenvalue weighted by Gasteiger charge is 2.12. The Kier molecular flexibility index (Phi) is 8.34. The van der Waals surface area contributed by atoms with Gasteiger partial charge in [0.1, 0.15) is 5.75 Å². The lowest BCUT2D eigenvalue weighted by Crippen LogP contribution is -2.35. The molecule has 0 saturated heterocycles. The normalized spacial score (nSPS) is 10.6. The number of nitrogens with one attached hydrogen (secondary N) is 2. The van der Waals surface area contributed by atoms with E-state index in [1.165, 1.54) is 6.21 Å². The minimum Gasteiger partial charge on any atom is -0.423 e. The summed E-state index contributed by atoms with van der Waals surface area (Å²) in [6.45, 7) is -0.255. The van der Waals surface area contributed by atoms with Gasteiger partial charge >= 0.3 is 5.97 Å². The van der Waals surface area contributed by atoms with Crippen LogP contribution in [0, 0.1) is 3.57 Å². The Morgan fingerprint density at radius 2 is 1.59 bits per heavy atom. The molecule has 3 rings (SSSR count). The minimum atomic E-state index is -0.496. The van der Waals surface area contributed by atoms with Crippen LogP contribution in [-0.4, -0.2) is 30.5 Å². The van der Waals surface area contributed by atoms with Crippen molar-refractivity contribution in [2.75, 3.05) is 6.54 Å². The van der Waals surface area contributed by atoms with Gasteiger partial charge in [-0.05, 0) is 76.7 Å². The third kappa shape index (κ3) is 6.63. The standard InChI is InChI=1S/C23H17ClIN3O4/c24-19-7-3-1-5-17(19)22(30)26-14-21(29)28-27-13-15-9-11-16(12-10-15)32-23(31)18-6-2-4-8-20(18)25/h1-13H,14H2,(H,26,30)(H,28,29). The van der Waals surface area contributed by atoms with Crippen molar-refractivity contribution in [2.45, 2.75) is 0 Å². The van der Waals surface area contributed by atoms with E-state index in [4.69, 9.17) is 16.3 Å². The topological polar surface area (TPSA) is 96.9 Å². The highest BCUT2D eigenvalue weighted by molar-refractivity contribution is 14.1. The second-order valence-electron chi connectivity index (χ2n) is 6.39. The Hall–Kier alpha value is -3.24. The maximum Gasteiger partial charge on any atom is 0.344 e. The number of hydrogen-bond acceptors (Lipinski definition) is 5. The zero-order valence-electron chi connectivity index (χ0n) is 16.5. The van der Waals surface area contributed by atoms with E-state index in [0.717, 1.165) is 3.57 Å². The number of esters is 1. The SMILES string of the molecule is O=C(CNC(=O)c1ccccc1Cl)NN=Cc1ccc(OC(=O)c2ccccc2I)cc1. The molecule has 3 aromatic carbocycles. The van der Waals surface area contributed by atoms with E-state index >= 15 is 0 Å². The first-order chi connectivity index (χ1) is 15.4. The molecule has 9 heteroatoms. The van der Waals surface area contributed by atoms with Crippen LogP contribution in [0.1, 0.15) is 26.3 Å². The van der Waals surface area contributed by atoms with Crippen molar-refractivity contribution in [3.05, 3.63) is 98.1 Å². The number of amides is 2. The summed E-state index contributed by atoms with van der Waals surface area (Å²) in [6, 6.07) is 20.3. The van der Waals surface area contributed by atoms with Gasteiger partial charge in [0.25, 0.3) is 11.8 Å². The highest BCUT2D eigenvalue weighted by atomic mass is 127. The molecule has 0 aliphatic heterocycles. The molecule has 0 radical (unpaired) electrons. The first-order valence-corrected chi connectivity index (χ1v) is 10.8. The molecule has 0 spiro atoms. The molecule has 2 N–H and O–H groups in total. The first kappa shape index (κ1) is 23.4. The number of halogens is 2. The number of carbonyl (C=O) groups excluding carboxylic acids is 3. The fourth-order valence-electron chi connectivity index (χ4n) is 2.53. The summed E-state index contributed by atoms with van der Waals surface area (Å²) in [5.41, 5.74) is 3.78. The zero-order valence-corrected chi connectivity index (χ0v) is 19.5. The van der Waals surface area contributed by atoms with Crippen molar-refractivity contribution in [2.24, 2.45) is 5.10 Å². The number of hydrogen-bond donors (Lipinski definition) is 2. The van der Waals surface area contributed by atoms with Crippen molar-refractivity contribution < 1.29 is 19.1 Å². The average molecular weight is 562 g/mol. The van der Waals surface area contributed by atoms with Gasteiger partial charge in [-0.1, -0.05) is 35.9 Å². The molecule has 162 valence electrons. The number of hydrazone groups is 1. The lowest BCUT2D eigenvalue weighted by atomic mass is 10.2. The van der Waals surface area contributed by atoms with E-state index in [1.54, 1.807) is 60.7 Å². The molecule has 0 saturated carbocycles. The predicted molar refractivity (Wildman–Crippen MR) is 130 cm³/mol. The van der Waals surface area contributed by atoms with Gasteiger partial charge in [-0.15, -0.1) is 0 Å². The van der Waals surface area contributed by atoms with Gasteiger partial charge in [0, 0.05) is 3.57 Å². The Morgan fingerprint density at radius 3 is 2.28 bits per heavy atom. The van der Waals surface area contributed by atoms with E-state index < -0.39 is 17.8 Å². The Balaban J connectivity index is 1.47. The number of nitrogens with zero attached hydrogens (tertiary/aromatic N) is 1. The first-order valence-electron chi connectivity index (χ1n) is 9.35. The van der Waals surface area contributed by atoms with Gasteiger partial charge in [0.05, 0.1) is 28.9 Å². The molecule has 0 atom stereocenters. The second-order valence-corrected chi connectivity index (χ2v) is 7.96. The Labute approximate surface area is 202 Å². The van der Waals surface area contributed by atoms with E-state index in [1.807, 2.05) is 12.1 Å². The van der Waals surface area contributed by atoms with Crippen LogP contribution < -0.4 is 15.5 Å². The fraction of sp³-hybridized carbons (Fsp3) is 0.0435. The van der Waals surface area contributed by atoms with Crippen LogP contribution in [0.15, 0.2) is 77.9 Å². The number of ether oxygens (including phenoxy) is 1. The zero-order chi connectivity index (χ0) is 22.9. The fourth-order valence-corrected chi connectivity index (χ4v) is 3.36. The summed E-state index contributed by atoms with van der Waals surface area (Å²) < 4.78 is 6.17. The molecule has 2 amide bonds. The molecule has 0 bridgehead atoms. The van der Waals surface area contributed by atoms with Gasteiger partial charge in [-0.2, -0.15) is 5.10 Å². The molecule has 0 aromatic heterocycles. The van der Waals surface area contributed by atoms with Gasteiger partial charge in [-0.3, -0.25) is 9.59 Å². The monoisotopic (exact) mass is 561 g/mol. The van der Waals surface area contributed by atoms with Gasteiger partial charge < -0.3 is 10.1 Å². The highest BCUT2D eigenvalue weighted by Crippen LogP contribution is 2.17. The lowest BCUT2D eigenvalue weighted by molar-refractivity contribution is -0.120. The Morgan fingerprint density at radius 1 is 0.938 bits per heavy atom. The van der Waals surface area contributed by atoms with Gasteiger partial charge in [-0.25, -0.2) is 10.2 Å². The summed E-state index contributed by atoms with van der Waals surface area (Å²) in [5, 5.41) is 6.62. The molecule has 7 nitrogen and oxygen atoms in total. The largest absolute Gasteiger partial charge is 0.423 e. The summed E-state index contributed by atoms with van der Waals surface area (Å²) >= 11 is 8.03. The second kappa shape index (κ2) is 11.4. The molecule has 0 aliphatic carbocycles. The Bertz CT molecular complexity index is 1170. The van der Waals surface area contributed by atoms with Gasteiger partial charge in [0.2, 0.25) is 0 Å². The number of rotatable bonds is 7. The number of carbonyl (C=O) groups is 3. The van der Waals surface area contributed by atoms with Crippen molar-refractivity contribution in [3.63, 3.8) is 0 Å². The summed E-state index contributed by atoms with van der Waals surface area (Å²) in [7, 11) is 0. The van der Waals surface area contributed by atoms with Gasteiger partial charge in [0.15, 0.2) is 0 Å². The van der Waals surface area contributed by atoms with Crippen LogP contribution in [0.5, 0.6) is 5.75 Å². The summed E-state index contributed by atoms with van der Waals surface area (Å²) in [4.78, 5) is 36.1. The molecule has 0 aliphatic rings. The third-order valence-electron chi connectivity index (χ3n) is 4.12. The van der Waals surface area contributed by atoms with E-state index in [2.05, 4.69) is 38.4 Å². The molecular weight excluding hydrogens is 545 g/mol. The summed E-state index contributed by atoms with van der Waals surface area (Å²) in [6.07, 6.45) is 1.43. The van der Waals surface area contributed by atoms with Crippen LogP contribution in [0.25, 0.3) is 0 Å². The quantitative estimate of drug-likeness (QED) is 0.150. The van der Waals surface area contributed by atoms with Crippen molar-refractivity contribution in [3.8, 4) is 5.75 Å². The lowest BCUT2D eigenvalue weighted by Gasteiger charge is -2.06. The van der Waals surface area contributed by atoms with Crippen LogP contribution in [0.3, 0.4) is 0 Å². The maximum atomic E-state index is 12.2. The number of benzene rings is 3. The molecule has 3 aromatic rings. The van der Waals surface area contributed by atoms with Crippen LogP contribution >= 0.6 is 34.2 Å². The third-order valence-corrected chi connectivity index (χ3v) is 5.39. The molecule has 0 fully saturated rings. The maximum absolute atomic E-state index is 12.2. The van der Waals surface area contributed by atoms with Crippen molar-refractivity contribution in [1.82, 2.24) is 10.7 Å². The summed E-state index contributed by atoms with van der Waals surface area (Å²) in [5.74, 6) is -1.00. The van der Waals surface area contributed by atoms with Crippen LogP contribution in [0.2, 0.25) is 5.02 Å². The van der Waals surface area contributed by atoms with E-state index in [9.17, 15) is 14.4 Å². The average Bonchev–Trinajstić information content (AvgIpc) is 2.79. The molecule has 0 heterocycles. The van der Waals surface area contributed by atoms with Crippen molar-refractivity contribution >= 4 is 58.2 Å². The minimum absolute atomic E-state index is 0.255. The van der Waals surface area contributed by atoms with Crippen molar-refractivity contribution in [1.29, 1.82) is 0 Å². The predicted octanol–water partition coefficient (Wildman–Crippen LogP) is 4.04. The van der Waals surface area contributed by atoms with E-state index in [-0.39, 0.29) is 12.1 Å². The molecule has 32 heavy (non-hydrogen) atoms. The van der Waals surface area contributed by atoms with E-state index in [0.29, 0.717) is 21.9 Å². The smallest absolute Gasteiger partial charge is 0.344 e. The molecular formula is C23H17ClIN3O4. The van der Waals surface area contributed by atoms with Crippen LogP contribution in [0.4, 0.5) is 0 Å².